The molecule has 4 heteroatoms. The van der Waals surface area contributed by atoms with E-state index in [9.17, 15) is 9.59 Å². The third-order valence-corrected chi connectivity index (χ3v) is 3.73. The number of likely N-dealkylation sites (N-methyl/N-ethyl adjacent to an activating group) is 1. The van der Waals surface area contributed by atoms with E-state index in [4.69, 9.17) is 0 Å². The summed E-state index contributed by atoms with van der Waals surface area (Å²) >= 11 is 0. The Hall–Kier alpha value is -2.62. The molecule has 2 amide bonds. The number of benzene rings is 2. The molecule has 0 aromatic heterocycles. The summed E-state index contributed by atoms with van der Waals surface area (Å²) in [7, 11) is 0. The predicted octanol–water partition coefficient (Wildman–Crippen LogP) is 3.09. The molecule has 0 unspecified atom stereocenters. The highest BCUT2D eigenvalue weighted by Crippen LogP contribution is 2.18. The van der Waals surface area contributed by atoms with Gasteiger partial charge in [-0.25, -0.2) is 0 Å². The number of hydrogen-bond donors (Lipinski definition) is 0. The van der Waals surface area contributed by atoms with Gasteiger partial charge in [0, 0.05) is 18.8 Å². The van der Waals surface area contributed by atoms with Gasteiger partial charge in [-0.05, 0) is 31.5 Å². The normalized spacial score (nSPS) is 10.2. The van der Waals surface area contributed by atoms with Crippen LogP contribution in [0.1, 0.15) is 19.4 Å². The highest BCUT2D eigenvalue weighted by Gasteiger charge is 2.26. The topological polar surface area (TPSA) is 40.6 Å². The third kappa shape index (κ3) is 4.19. The maximum absolute atomic E-state index is 12.7. The lowest BCUT2D eigenvalue weighted by Gasteiger charge is -2.26. The Morgan fingerprint density at radius 1 is 0.783 bits per heavy atom. The van der Waals surface area contributed by atoms with Crippen LogP contribution in [0, 0.1) is 0 Å². The van der Waals surface area contributed by atoms with Crippen LogP contribution >= 0.6 is 0 Å². The van der Waals surface area contributed by atoms with E-state index in [0.29, 0.717) is 19.6 Å². The molecule has 2 rings (SSSR count). The Kier molecular flexibility index (Phi) is 5.92. The molecule has 0 aliphatic heterocycles. The summed E-state index contributed by atoms with van der Waals surface area (Å²) in [6.45, 7) is 5.16. The lowest BCUT2D eigenvalue weighted by atomic mass is 10.2. The number of carbonyl (C=O) groups is 2. The van der Waals surface area contributed by atoms with Gasteiger partial charge in [0.1, 0.15) is 0 Å². The van der Waals surface area contributed by atoms with E-state index >= 15 is 0 Å². The molecule has 120 valence electrons. The summed E-state index contributed by atoms with van der Waals surface area (Å²) < 4.78 is 0. The molecule has 0 bridgehead atoms. The van der Waals surface area contributed by atoms with Crippen molar-refractivity contribution < 1.29 is 9.59 Å². The molecular weight excluding hydrogens is 288 g/mol. The van der Waals surface area contributed by atoms with Crippen LogP contribution in [0.4, 0.5) is 5.69 Å². The van der Waals surface area contributed by atoms with Gasteiger partial charge in [-0.2, -0.15) is 0 Å². The molecule has 0 fully saturated rings. The van der Waals surface area contributed by atoms with Crippen molar-refractivity contribution in [3.8, 4) is 0 Å². The predicted molar refractivity (Wildman–Crippen MR) is 92.0 cm³/mol. The van der Waals surface area contributed by atoms with Crippen LogP contribution in [0.15, 0.2) is 60.7 Å². The molecule has 0 spiro atoms. The number of nitrogens with zero attached hydrogens (tertiary/aromatic N) is 2. The van der Waals surface area contributed by atoms with Gasteiger partial charge < -0.3 is 4.90 Å². The van der Waals surface area contributed by atoms with Crippen LogP contribution in [0.3, 0.4) is 0 Å². The van der Waals surface area contributed by atoms with Crippen LogP contribution in [-0.2, 0) is 16.1 Å². The lowest BCUT2D eigenvalue weighted by molar-refractivity contribution is -0.144. The molecule has 0 radical (unpaired) electrons. The smallest absolute Gasteiger partial charge is 0.316 e. The summed E-state index contributed by atoms with van der Waals surface area (Å²) in [4.78, 5) is 28.3. The number of para-hydroxylation sites is 1. The van der Waals surface area contributed by atoms with Crippen LogP contribution in [0.25, 0.3) is 0 Å². The quantitative estimate of drug-likeness (QED) is 0.796. The fourth-order valence-electron chi connectivity index (χ4n) is 2.42. The largest absolute Gasteiger partial charge is 0.335 e. The average molecular weight is 310 g/mol. The minimum absolute atomic E-state index is 0.372. The van der Waals surface area contributed by atoms with Gasteiger partial charge in [0.05, 0.1) is 6.54 Å². The second-order valence-corrected chi connectivity index (χ2v) is 5.19. The SMILES string of the molecule is CCN(CC)C(=O)C(=O)N(Cc1ccccc1)c1ccccc1. The molecule has 0 N–H and O–H groups in total. The van der Waals surface area contributed by atoms with Crippen LogP contribution in [0.5, 0.6) is 0 Å². The molecule has 23 heavy (non-hydrogen) atoms. The van der Waals surface area contributed by atoms with Crippen LogP contribution in [0.2, 0.25) is 0 Å². The lowest BCUT2D eigenvalue weighted by Crippen LogP contribution is -2.45. The Balaban J connectivity index is 2.30. The van der Waals surface area contributed by atoms with Gasteiger partial charge in [0.15, 0.2) is 0 Å². The minimum Gasteiger partial charge on any atom is -0.335 e. The zero-order valence-corrected chi connectivity index (χ0v) is 13.6. The van der Waals surface area contributed by atoms with Crippen molar-refractivity contribution in [3.63, 3.8) is 0 Å². The second kappa shape index (κ2) is 8.13. The Morgan fingerprint density at radius 2 is 1.30 bits per heavy atom. The zero-order chi connectivity index (χ0) is 16.7. The molecule has 0 aliphatic rings. The van der Waals surface area contributed by atoms with E-state index in [1.165, 1.54) is 4.90 Å². The maximum atomic E-state index is 12.7. The van der Waals surface area contributed by atoms with Gasteiger partial charge in [-0.15, -0.1) is 0 Å². The van der Waals surface area contributed by atoms with E-state index in [1.807, 2.05) is 74.5 Å². The van der Waals surface area contributed by atoms with E-state index in [1.54, 1.807) is 4.90 Å². The first-order valence-corrected chi connectivity index (χ1v) is 7.87. The average Bonchev–Trinajstić information content (AvgIpc) is 2.61. The second-order valence-electron chi connectivity index (χ2n) is 5.19. The number of amides is 2. The monoisotopic (exact) mass is 310 g/mol. The van der Waals surface area contributed by atoms with Crippen LogP contribution in [-0.4, -0.2) is 29.8 Å². The molecule has 4 nitrogen and oxygen atoms in total. The molecule has 0 atom stereocenters. The number of anilines is 1. The van der Waals surface area contributed by atoms with Gasteiger partial charge in [-0.1, -0.05) is 48.5 Å². The highest BCUT2D eigenvalue weighted by molar-refractivity contribution is 6.40. The van der Waals surface area contributed by atoms with E-state index in [0.717, 1.165) is 11.3 Å². The first kappa shape index (κ1) is 16.7. The van der Waals surface area contributed by atoms with Crippen molar-refractivity contribution in [2.75, 3.05) is 18.0 Å². The van der Waals surface area contributed by atoms with Gasteiger partial charge >= 0.3 is 11.8 Å². The highest BCUT2D eigenvalue weighted by atomic mass is 16.2. The fraction of sp³-hybridized carbons (Fsp3) is 0.263. The van der Waals surface area contributed by atoms with Gasteiger partial charge in [-0.3, -0.25) is 14.5 Å². The molecule has 2 aromatic rings. The summed E-state index contributed by atoms with van der Waals surface area (Å²) in [6.07, 6.45) is 0. The molecule has 0 saturated carbocycles. The van der Waals surface area contributed by atoms with Crippen molar-refractivity contribution in [2.45, 2.75) is 20.4 Å². The van der Waals surface area contributed by atoms with Crippen molar-refractivity contribution in [2.24, 2.45) is 0 Å². The Labute approximate surface area is 137 Å². The van der Waals surface area contributed by atoms with Gasteiger partial charge in [0.25, 0.3) is 0 Å². The maximum Gasteiger partial charge on any atom is 0.316 e. The fourth-order valence-corrected chi connectivity index (χ4v) is 2.42. The summed E-state index contributed by atoms with van der Waals surface area (Å²) in [5.41, 5.74) is 1.71. The third-order valence-electron chi connectivity index (χ3n) is 3.73. The Bertz CT molecular complexity index is 637. The van der Waals surface area contributed by atoms with Crippen LogP contribution < -0.4 is 4.90 Å². The summed E-state index contributed by atoms with van der Waals surface area (Å²) in [5.74, 6) is -0.960. The zero-order valence-electron chi connectivity index (χ0n) is 13.6. The number of hydrogen-bond acceptors (Lipinski definition) is 2. The van der Waals surface area contributed by atoms with E-state index in [-0.39, 0.29) is 0 Å². The molecule has 2 aromatic carbocycles. The van der Waals surface area contributed by atoms with E-state index in [2.05, 4.69) is 0 Å². The molecule has 0 saturated heterocycles. The number of carbonyl (C=O) groups excluding carboxylic acids is 2. The molecule has 0 heterocycles. The van der Waals surface area contributed by atoms with Crippen molar-refractivity contribution in [1.29, 1.82) is 0 Å². The minimum atomic E-state index is -0.497. The van der Waals surface area contributed by atoms with Crippen molar-refractivity contribution in [1.82, 2.24) is 4.90 Å². The molecular formula is C19H22N2O2. The van der Waals surface area contributed by atoms with E-state index < -0.39 is 11.8 Å². The summed E-state index contributed by atoms with van der Waals surface area (Å²) in [5, 5.41) is 0. The number of rotatable bonds is 5. The van der Waals surface area contributed by atoms with Gasteiger partial charge in [0.2, 0.25) is 0 Å². The van der Waals surface area contributed by atoms with Crippen molar-refractivity contribution >= 4 is 17.5 Å². The van der Waals surface area contributed by atoms with Crippen molar-refractivity contribution in [3.05, 3.63) is 66.2 Å². The standard InChI is InChI=1S/C19H22N2O2/c1-3-20(4-2)18(22)19(23)21(17-13-9-6-10-14-17)15-16-11-7-5-8-12-16/h5-14H,3-4,15H2,1-2H3. The summed E-state index contributed by atoms with van der Waals surface area (Å²) in [6, 6.07) is 19.0. The first-order valence-electron chi connectivity index (χ1n) is 7.87. The molecule has 0 aliphatic carbocycles. The Morgan fingerprint density at radius 3 is 1.83 bits per heavy atom. The first-order chi connectivity index (χ1) is 11.2.